The molecule has 2 atom stereocenters. The van der Waals surface area contributed by atoms with Gasteiger partial charge in [0.15, 0.2) is 0 Å². The van der Waals surface area contributed by atoms with Crippen LogP contribution in [-0.4, -0.2) is 12.1 Å². The molecule has 1 saturated carbocycles. The maximum Gasteiger partial charge on any atom is 0.0175 e. The zero-order chi connectivity index (χ0) is 13.9. The SMILES string of the molecule is CC(C)(C)NCC1CCCC1Cc1ccc(Br)cc1. The first-order chi connectivity index (χ1) is 8.94. The molecule has 1 fully saturated rings. The fourth-order valence-corrected chi connectivity index (χ4v) is 3.28. The Kier molecular flexibility index (Phi) is 5.08. The van der Waals surface area contributed by atoms with E-state index in [0.29, 0.717) is 0 Å². The van der Waals surface area contributed by atoms with Crippen molar-refractivity contribution in [2.75, 3.05) is 6.54 Å². The van der Waals surface area contributed by atoms with Crippen LogP contribution in [0.2, 0.25) is 0 Å². The Balaban J connectivity index is 1.90. The second-order valence-electron chi connectivity index (χ2n) is 6.91. The average molecular weight is 324 g/mol. The minimum atomic E-state index is 0.241. The lowest BCUT2D eigenvalue weighted by Crippen LogP contribution is -2.40. The minimum absolute atomic E-state index is 0.241. The zero-order valence-electron chi connectivity index (χ0n) is 12.4. The fraction of sp³-hybridized carbons (Fsp3) is 0.647. The summed E-state index contributed by atoms with van der Waals surface area (Å²) in [5.74, 6) is 1.71. The summed E-state index contributed by atoms with van der Waals surface area (Å²) in [6.07, 6.45) is 5.43. The lowest BCUT2D eigenvalue weighted by atomic mass is 9.89. The molecule has 0 spiro atoms. The van der Waals surface area contributed by atoms with Crippen LogP contribution >= 0.6 is 15.9 Å². The van der Waals surface area contributed by atoms with Crippen LogP contribution in [0, 0.1) is 11.8 Å². The maximum atomic E-state index is 3.68. The Bertz CT molecular complexity index is 391. The third kappa shape index (κ3) is 4.92. The van der Waals surface area contributed by atoms with Gasteiger partial charge in [0.25, 0.3) is 0 Å². The topological polar surface area (TPSA) is 12.0 Å². The Labute approximate surface area is 126 Å². The van der Waals surface area contributed by atoms with Gasteiger partial charge in [0.1, 0.15) is 0 Å². The van der Waals surface area contributed by atoms with Crippen LogP contribution in [0.5, 0.6) is 0 Å². The van der Waals surface area contributed by atoms with E-state index in [2.05, 4.69) is 66.3 Å². The highest BCUT2D eigenvalue weighted by atomic mass is 79.9. The third-order valence-corrected chi connectivity index (χ3v) is 4.65. The molecule has 1 aliphatic rings. The van der Waals surface area contributed by atoms with E-state index in [1.807, 2.05) is 0 Å². The summed E-state index contributed by atoms with van der Waals surface area (Å²) in [6, 6.07) is 8.84. The van der Waals surface area contributed by atoms with Crippen LogP contribution in [-0.2, 0) is 6.42 Å². The van der Waals surface area contributed by atoms with E-state index in [0.717, 1.165) is 11.8 Å². The summed E-state index contributed by atoms with van der Waals surface area (Å²) in [6.45, 7) is 7.94. The molecule has 19 heavy (non-hydrogen) atoms. The van der Waals surface area contributed by atoms with Gasteiger partial charge in [0.05, 0.1) is 0 Å². The first-order valence-electron chi connectivity index (χ1n) is 7.43. The van der Waals surface area contributed by atoms with Crippen LogP contribution in [0.3, 0.4) is 0 Å². The molecule has 0 bridgehead atoms. The van der Waals surface area contributed by atoms with E-state index in [1.165, 1.54) is 42.3 Å². The molecule has 0 heterocycles. The third-order valence-electron chi connectivity index (χ3n) is 4.12. The number of hydrogen-bond donors (Lipinski definition) is 1. The maximum absolute atomic E-state index is 3.68. The van der Waals surface area contributed by atoms with E-state index in [1.54, 1.807) is 0 Å². The van der Waals surface area contributed by atoms with Gasteiger partial charge < -0.3 is 5.32 Å². The molecule has 1 aliphatic carbocycles. The lowest BCUT2D eigenvalue weighted by Gasteiger charge is -2.26. The Morgan fingerprint density at radius 3 is 2.37 bits per heavy atom. The molecular formula is C17H26BrN. The van der Waals surface area contributed by atoms with Gasteiger partial charge in [-0.2, -0.15) is 0 Å². The van der Waals surface area contributed by atoms with Crippen LogP contribution < -0.4 is 5.32 Å². The van der Waals surface area contributed by atoms with Crippen molar-refractivity contribution in [3.63, 3.8) is 0 Å². The summed E-state index contributed by atoms with van der Waals surface area (Å²) < 4.78 is 1.17. The van der Waals surface area contributed by atoms with Gasteiger partial charge in [0.2, 0.25) is 0 Å². The largest absolute Gasteiger partial charge is 0.312 e. The monoisotopic (exact) mass is 323 g/mol. The molecule has 2 unspecified atom stereocenters. The summed E-state index contributed by atoms with van der Waals surface area (Å²) in [5, 5.41) is 3.68. The van der Waals surface area contributed by atoms with Crippen molar-refractivity contribution in [3.05, 3.63) is 34.3 Å². The van der Waals surface area contributed by atoms with E-state index < -0.39 is 0 Å². The van der Waals surface area contributed by atoms with Gasteiger partial charge in [-0.25, -0.2) is 0 Å². The average Bonchev–Trinajstić information content (AvgIpc) is 2.76. The molecule has 1 aromatic carbocycles. The lowest BCUT2D eigenvalue weighted by molar-refractivity contribution is 0.317. The van der Waals surface area contributed by atoms with Crippen molar-refractivity contribution in [3.8, 4) is 0 Å². The minimum Gasteiger partial charge on any atom is -0.312 e. The number of hydrogen-bond acceptors (Lipinski definition) is 1. The van der Waals surface area contributed by atoms with Crippen LogP contribution in [0.15, 0.2) is 28.7 Å². The molecule has 2 rings (SSSR count). The second kappa shape index (κ2) is 6.41. The normalized spacial score (nSPS) is 23.8. The second-order valence-corrected chi connectivity index (χ2v) is 7.83. The Morgan fingerprint density at radius 1 is 1.11 bits per heavy atom. The van der Waals surface area contributed by atoms with E-state index in [4.69, 9.17) is 0 Å². The molecule has 0 saturated heterocycles. The number of halogens is 1. The molecule has 1 N–H and O–H groups in total. The van der Waals surface area contributed by atoms with Crippen molar-refractivity contribution >= 4 is 15.9 Å². The molecule has 0 aliphatic heterocycles. The van der Waals surface area contributed by atoms with Gasteiger partial charge in [-0.3, -0.25) is 0 Å². The summed E-state index contributed by atoms with van der Waals surface area (Å²) in [5.41, 5.74) is 1.72. The van der Waals surface area contributed by atoms with Crippen molar-refractivity contribution in [1.82, 2.24) is 5.32 Å². The van der Waals surface area contributed by atoms with Gasteiger partial charge in [-0.1, -0.05) is 34.5 Å². The first kappa shape index (κ1) is 15.1. The fourth-order valence-electron chi connectivity index (χ4n) is 3.01. The summed E-state index contributed by atoms with van der Waals surface area (Å²) >= 11 is 3.51. The highest BCUT2D eigenvalue weighted by Gasteiger charge is 2.28. The zero-order valence-corrected chi connectivity index (χ0v) is 14.0. The highest BCUT2D eigenvalue weighted by molar-refractivity contribution is 9.10. The number of benzene rings is 1. The molecule has 0 amide bonds. The predicted octanol–water partition coefficient (Wildman–Crippen LogP) is 4.80. The number of rotatable bonds is 4. The van der Waals surface area contributed by atoms with Crippen molar-refractivity contribution in [1.29, 1.82) is 0 Å². The van der Waals surface area contributed by atoms with E-state index >= 15 is 0 Å². The molecular weight excluding hydrogens is 298 g/mol. The Hall–Kier alpha value is -0.340. The first-order valence-corrected chi connectivity index (χ1v) is 8.23. The predicted molar refractivity (Wildman–Crippen MR) is 86.4 cm³/mol. The molecule has 106 valence electrons. The number of nitrogens with one attached hydrogen (secondary N) is 1. The van der Waals surface area contributed by atoms with Crippen molar-refractivity contribution < 1.29 is 0 Å². The van der Waals surface area contributed by atoms with E-state index in [9.17, 15) is 0 Å². The van der Waals surface area contributed by atoms with Gasteiger partial charge >= 0.3 is 0 Å². The molecule has 1 aromatic rings. The van der Waals surface area contributed by atoms with Crippen LogP contribution in [0.25, 0.3) is 0 Å². The summed E-state index contributed by atoms with van der Waals surface area (Å²) in [4.78, 5) is 0. The highest BCUT2D eigenvalue weighted by Crippen LogP contribution is 2.34. The van der Waals surface area contributed by atoms with Crippen LogP contribution in [0.1, 0.15) is 45.6 Å². The molecule has 1 nitrogen and oxygen atoms in total. The molecule has 2 heteroatoms. The van der Waals surface area contributed by atoms with Crippen molar-refractivity contribution in [2.45, 2.75) is 52.0 Å². The van der Waals surface area contributed by atoms with Crippen LogP contribution in [0.4, 0.5) is 0 Å². The van der Waals surface area contributed by atoms with Gasteiger partial charge in [-0.05, 0) is 76.1 Å². The molecule has 0 aromatic heterocycles. The van der Waals surface area contributed by atoms with Gasteiger partial charge in [0, 0.05) is 10.0 Å². The van der Waals surface area contributed by atoms with E-state index in [-0.39, 0.29) is 5.54 Å². The Morgan fingerprint density at radius 2 is 1.74 bits per heavy atom. The summed E-state index contributed by atoms with van der Waals surface area (Å²) in [7, 11) is 0. The standard InChI is InChI=1S/C17H26BrN/c1-17(2,3)19-12-15-6-4-5-14(15)11-13-7-9-16(18)10-8-13/h7-10,14-15,19H,4-6,11-12H2,1-3H3. The quantitative estimate of drug-likeness (QED) is 0.839. The smallest absolute Gasteiger partial charge is 0.0175 e. The van der Waals surface area contributed by atoms with Gasteiger partial charge in [-0.15, -0.1) is 0 Å². The molecule has 0 radical (unpaired) electrons. The van der Waals surface area contributed by atoms with Crippen molar-refractivity contribution in [2.24, 2.45) is 11.8 Å².